The Bertz CT molecular complexity index is 459. The molecule has 1 aromatic carbocycles. The van der Waals surface area contributed by atoms with Crippen LogP contribution in [0.2, 0.25) is 0 Å². The molecule has 0 spiro atoms. The molecule has 1 aliphatic heterocycles. The number of nitro groups is 1. The van der Waals surface area contributed by atoms with E-state index in [1.165, 1.54) is 6.42 Å². The molecule has 2 N–H and O–H groups in total. The van der Waals surface area contributed by atoms with Crippen LogP contribution in [-0.4, -0.2) is 24.6 Å². The first kappa shape index (κ1) is 13.3. The van der Waals surface area contributed by atoms with Gasteiger partial charge in [0, 0.05) is 28.3 Å². The van der Waals surface area contributed by atoms with Gasteiger partial charge in [0.1, 0.15) is 0 Å². The van der Waals surface area contributed by atoms with Gasteiger partial charge in [0.25, 0.3) is 5.69 Å². The van der Waals surface area contributed by atoms with Gasteiger partial charge in [0.05, 0.1) is 4.92 Å². The van der Waals surface area contributed by atoms with Crippen LogP contribution in [-0.2, 0) is 0 Å². The average molecular weight is 314 g/mol. The van der Waals surface area contributed by atoms with E-state index in [9.17, 15) is 10.1 Å². The summed E-state index contributed by atoms with van der Waals surface area (Å²) in [6.07, 6.45) is 1.18. The van der Waals surface area contributed by atoms with Gasteiger partial charge in [0.2, 0.25) is 0 Å². The number of nitrogens with zero attached hydrogens (tertiary/aromatic N) is 1. The monoisotopic (exact) mass is 313 g/mol. The lowest BCUT2D eigenvalue weighted by atomic mass is 10.1. The quantitative estimate of drug-likeness (QED) is 0.662. The molecule has 0 bridgehead atoms. The van der Waals surface area contributed by atoms with Crippen molar-refractivity contribution in [2.24, 2.45) is 5.92 Å². The van der Waals surface area contributed by atoms with Gasteiger partial charge < -0.3 is 10.6 Å². The minimum atomic E-state index is -0.356. The predicted molar refractivity (Wildman–Crippen MR) is 75.0 cm³/mol. The third-order valence-electron chi connectivity index (χ3n) is 3.23. The maximum Gasteiger partial charge on any atom is 0.273 e. The molecule has 1 fully saturated rings. The van der Waals surface area contributed by atoms with Crippen molar-refractivity contribution in [3.63, 3.8) is 0 Å². The molecule has 5 nitrogen and oxygen atoms in total. The number of anilines is 1. The second-order valence-corrected chi connectivity index (χ2v) is 5.47. The van der Waals surface area contributed by atoms with Crippen LogP contribution in [0.1, 0.15) is 12.0 Å². The van der Waals surface area contributed by atoms with E-state index < -0.39 is 0 Å². The Labute approximate surface area is 114 Å². The van der Waals surface area contributed by atoms with Gasteiger partial charge in [0.15, 0.2) is 0 Å². The molecule has 98 valence electrons. The summed E-state index contributed by atoms with van der Waals surface area (Å²) in [5.74, 6) is 0.632. The summed E-state index contributed by atoms with van der Waals surface area (Å²) in [4.78, 5) is 10.5. The molecular formula is C12H16BrN3O2. The number of benzene rings is 1. The van der Waals surface area contributed by atoms with Gasteiger partial charge in [-0.05, 0) is 54.3 Å². The highest BCUT2D eigenvalue weighted by atomic mass is 79.9. The number of nitrogens with one attached hydrogen (secondary N) is 2. The third-order valence-corrected chi connectivity index (χ3v) is 3.88. The second-order valence-electron chi connectivity index (χ2n) is 4.62. The van der Waals surface area contributed by atoms with Crippen molar-refractivity contribution in [2.75, 3.05) is 25.0 Å². The molecule has 1 aromatic rings. The fraction of sp³-hybridized carbons (Fsp3) is 0.500. The summed E-state index contributed by atoms with van der Waals surface area (Å²) in [7, 11) is 0. The first-order valence-corrected chi connectivity index (χ1v) is 6.76. The van der Waals surface area contributed by atoms with E-state index >= 15 is 0 Å². The Kier molecular flexibility index (Phi) is 4.19. The van der Waals surface area contributed by atoms with Crippen molar-refractivity contribution in [2.45, 2.75) is 13.3 Å². The van der Waals surface area contributed by atoms with Crippen LogP contribution in [0.3, 0.4) is 0 Å². The molecule has 0 radical (unpaired) electrons. The second kappa shape index (κ2) is 5.67. The lowest BCUT2D eigenvalue weighted by Crippen LogP contribution is -2.17. The Morgan fingerprint density at radius 2 is 2.39 bits per heavy atom. The number of nitro benzene ring substituents is 1. The minimum absolute atomic E-state index is 0.148. The Morgan fingerprint density at radius 3 is 3.00 bits per heavy atom. The normalized spacial score (nSPS) is 18.9. The maximum absolute atomic E-state index is 10.8. The van der Waals surface area contributed by atoms with Gasteiger partial charge in [-0.3, -0.25) is 10.1 Å². The zero-order chi connectivity index (χ0) is 13.1. The van der Waals surface area contributed by atoms with Crippen LogP contribution >= 0.6 is 15.9 Å². The first-order valence-electron chi connectivity index (χ1n) is 5.97. The van der Waals surface area contributed by atoms with Crippen molar-refractivity contribution in [3.8, 4) is 0 Å². The number of aryl methyl sites for hydroxylation is 1. The molecule has 6 heteroatoms. The molecule has 18 heavy (non-hydrogen) atoms. The first-order chi connectivity index (χ1) is 8.58. The molecule has 1 unspecified atom stereocenters. The summed E-state index contributed by atoms with van der Waals surface area (Å²) < 4.78 is 0.741. The predicted octanol–water partition coefficient (Wildman–Crippen LogP) is 2.69. The van der Waals surface area contributed by atoms with Crippen molar-refractivity contribution in [1.82, 2.24) is 5.32 Å². The van der Waals surface area contributed by atoms with E-state index in [4.69, 9.17) is 0 Å². The molecule has 0 saturated carbocycles. The highest BCUT2D eigenvalue weighted by molar-refractivity contribution is 9.10. The molecule has 0 amide bonds. The third kappa shape index (κ3) is 3.00. The summed E-state index contributed by atoms with van der Waals surface area (Å²) in [5, 5.41) is 17.5. The van der Waals surface area contributed by atoms with Crippen molar-refractivity contribution < 1.29 is 4.92 Å². The van der Waals surface area contributed by atoms with Crippen LogP contribution in [0.25, 0.3) is 0 Å². The van der Waals surface area contributed by atoms with Gasteiger partial charge >= 0.3 is 0 Å². The number of halogens is 1. The van der Waals surface area contributed by atoms with E-state index in [1.54, 1.807) is 13.0 Å². The molecule has 1 aliphatic rings. The maximum atomic E-state index is 10.8. The Morgan fingerprint density at radius 1 is 1.61 bits per heavy atom. The smallest absolute Gasteiger partial charge is 0.273 e. The van der Waals surface area contributed by atoms with E-state index in [-0.39, 0.29) is 10.6 Å². The zero-order valence-electron chi connectivity index (χ0n) is 10.2. The van der Waals surface area contributed by atoms with Gasteiger partial charge in [-0.1, -0.05) is 0 Å². The molecule has 2 rings (SSSR count). The van der Waals surface area contributed by atoms with Crippen molar-refractivity contribution >= 4 is 27.3 Å². The van der Waals surface area contributed by atoms with E-state index in [1.807, 2.05) is 6.07 Å². The van der Waals surface area contributed by atoms with E-state index in [0.717, 1.165) is 29.8 Å². The SMILES string of the molecule is Cc1cc(NCC2CCNC2)c(Br)cc1[N+](=O)[O-]. The topological polar surface area (TPSA) is 67.2 Å². The minimum Gasteiger partial charge on any atom is -0.384 e. The molecule has 1 heterocycles. The van der Waals surface area contributed by atoms with Crippen molar-refractivity contribution in [1.29, 1.82) is 0 Å². The zero-order valence-corrected chi connectivity index (χ0v) is 11.8. The number of hydrogen-bond donors (Lipinski definition) is 2. The lowest BCUT2D eigenvalue weighted by Gasteiger charge is -2.13. The van der Waals surface area contributed by atoms with Crippen LogP contribution in [0.4, 0.5) is 11.4 Å². The summed E-state index contributed by atoms with van der Waals surface area (Å²) in [6.45, 7) is 4.76. The van der Waals surface area contributed by atoms with E-state index in [0.29, 0.717) is 11.5 Å². The lowest BCUT2D eigenvalue weighted by molar-refractivity contribution is -0.385. The van der Waals surface area contributed by atoms with Gasteiger partial charge in [-0.15, -0.1) is 0 Å². The highest BCUT2D eigenvalue weighted by Gasteiger charge is 2.17. The molecule has 0 aromatic heterocycles. The number of rotatable bonds is 4. The van der Waals surface area contributed by atoms with Crippen LogP contribution in [0.15, 0.2) is 16.6 Å². The molecular weight excluding hydrogens is 298 g/mol. The van der Waals surface area contributed by atoms with E-state index in [2.05, 4.69) is 26.6 Å². The standard InChI is InChI=1S/C12H16BrN3O2/c1-8-4-11(10(13)5-12(8)16(17)18)15-7-9-2-3-14-6-9/h4-5,9,14-15H,2-3,6-7H2,1H3. The fourth-order valence-electron chi connectivity index (χ4n) is 2.15. The summed E-state index contributed by atoms with van der Waals surface area (Å²) >= 11 is 3.38. The van der Waals surface area contributed by atoms with Crippen LogP contribution < -0.4 is 10.6 Å². The van der Waals surface area contributed by atoms with Crippen molar-refractivity contribution in [3.05, 3.63) is 32.3 Å². The van der Waals surface area contributed by atoms with Gasteiger partial charge in [-0.25, -0.2) is 0 Å². The molecule has 1 saturated heterocycles. The summed E-state index contributed by atoms with van der Waals surface area (Å²) in [6, 6.07) is 3.38. The molecule has 0 aliphatic carbocycles. The molecule has 1 atom stereocenters. The Balaban J connectivity index is 2.08. The van der Waals surface area contributed by atoms with Crippen LogP contribution in [0, 0.1) is 23.0 Å². The largest absolute Gasteiger partial charge is 0.384 e. The highest BCUT2D eigenvalue weighted by Crippen LogP contribution is 2.30. The van der Waals surface area contributed by atoms with Gasteiger partial charge in [-0.2, -0.15) is 0 Å². The number of hydrogen-bond acceptors (Lipinski definition) is 4. The average Bonchev–Trinajstić information content (AvgIpc) is 2.82. The Hall–Kier alpha value is -1.14. The fourth-order valence-corrected chi connectivity index (χ4v) is 2.62. The van der Waals surface area contributed by atoms with Crippen LogP contribution in [0.5, 0.6) is 0 Å². The summed E-state index contributed by atoms with van der Waals surface area (Å²) in [5.41, 5.74) is 1.75.